The second-order valence-corrected chi connectivity index (χ2v) is 11.9. The Morgan fingerprint density at radius 3 is 1.58 bits per heavy atom. The van der Waals surface area contributed by atoms with E-state index in [0.717, 1.165) is 51.4 Å². The SMILES string of the molecule is CCCC/C=C/CC/C=C/C(O)C(CO)NC(=O)CCCCCCCCCC/C=C\C/C=C\C/C=C\CCCCCCC. The van der Waals surface area contributed by atoms with Gasteiger partial charge in [0, 0.05) is 6.42 Å². The molecule has 0 heterocycles. The Labute approximate surface area is 266 Å². The molecule has 0 bridgehead atoms. The van der Waals surface area contributed by atoms with Gasteiger partial charge in [0.1, 0.15) is 0 Å². The standard InChI is InChI=1S/C39H69NO3/c1-3-5-7-9-11-13-14-15-16-17-18-19-20-21-22-23-24-25-26-27-29-31-33-35-39(43)40-37(36-41)38(42)34-32-30-28-12-10-8-6-4-2/h10,12,14-15,17-18,20-21,32,34,37-38,41-42H,3-9,11,13,16,19,22-31,33,35-36H2,1-2H3,(H,40,43)/b12-10+,15-14-,18-17-,21-20-,34-32+. The monoisotopic (exact) mass is 600 g/mol. The third-order valence-corrected chi connectivity index (χ3v) is 7.72. The zero-order chi connectivity index (χ0) is 31.5. The van der Waals surface area contributed by atoms with Gasteiger partial charge in [-0.05, 0) is 64.2 Å². The van der Waals surface area contributed by atoms with Crippen LogP contribution in [0.4, 0.5) is 0 Å². The van der Waals surface area contributed by atoms with Crippen LogP contribution in [0.2, 0.25) is 0 Å². The van der Waals surface area contributed by atoms with Crippen molar-refractivity contribution in [3.8, 4) is 0 Å². The van der Waals surface area contributed by atoms with E-state index in [-0.39, 0.29) is 12.5 Å². The van der Waals surface area contributed by atoms with Crippen molar-refractivity contribution in [2.24, 2.45) is 0 Å². The molecule has 0 aliphatic carbocycles. The fraction of sp³-hybridized carbons (Fsp3) is 0.718. The van der Waals surface area contributed by atoms with Crippen molar-refractivity contribution in [3.05, 3.63) is 60.8 Å². The zero-order valence-electron chi connectivity index (χ0n) is 28.2. The van der Waals surface area contributed by atoms with Crippen LogP contribution < -0.4 is 5.32 Å². The molecule has 4 heteroatoms. The Kier molecular flexibility index (Phi) is 33.0. The van der Waals surface area contributed by atoms with Gasteiger partial charge in [0.05, 0.1) is 18.8 Å². The number of unbranched alkanes of at least 4 members (excludes halogenated alkanes) is 16. The quantitative estimate of drug-likeness (QED) is 0.0548. The van der Waals surface area contributed by atoms with Gasteiger partial charge < -0.3 is 15.5 Å². The minimum Gasteiger partial charge on any atom is -0.394 e. The molecule has 0 spiro atoms. The Hall–Kier alpha value is -1.91. The Morgan fingerprint density at radius 1 is 0.558 bits per heavy atom. The lowest BCUT2D eigenvalue weighted by Gasteiger charge is -2.19. The van der Waals surface area contributed by atoms with Gasteiger partial charge in [-0.15, -0.1) is 0 Å². The average Bonchev–Trinajstić information content (AvgIpc) is 3.01. The molecule has 0 aliphatic rings. The number of allylic oxidation sites excluding steroid dienone is 9. The molecule has 43 heavy (non-hydrogen) atoms. The number of carbonyl (C=O) groups is 1. The minimum atomic E-state index is -0.864. The highest BCUT2D eigenvalue weighted by Gasteiger charge is 2.17. The summed E-state index contributed by atoms with van der Waals surface area (Å²) in [6.45, 7) is 4.19. The maximum Gasteiger partial charge on any atom is 0.220 e. The number of nitrogens with one attached hydrogen (secondary N) is 1. The summed E-state index contributed by atoms with van der Waals surface area (Å²) in [5.74, 6) is -0.0887. The molecule has 0 saturated heterocycles. The molecule has 0 fully saturated rings. The highest BCUT2D eigenvalue weighted by atomic mass is 16.3. The molecule has 0 saturated carbocycles. The van der Waals surface area contributed by atoms with Gasteiger partial charge in [-0.3, -0.25) is 4.79 Å². The maximum absolute atomic E-state index is 12.3. The molecule has 1 amide bonds. The summed E-state index contributed by atoms with van der Waals surface area (Å²) in [7, 11) is 0. The van der Waals surface area contributed by atoms with Crippen molar-refractivity contribution >= 4 is 5.91 Å². The van der Waals surface area contributed by atoms with Crippen LogP contribution in [0.3, 0.4) is 0 Å². The molecule has 4 nitrogen and oxygen atoms in total. The fourth-order valence-electron chi connectivity index (χ4n) is 4.89. The van der Waals surface area contributed by atoms with E-state index in [2.05, 4.69) is 67.8 Å². The topological polar surface area (TPSA) is 69.6 Å². The summed E-state index contributed by atoms with van der Waals surface area (Å²) in [4.78, 5) is 12.3. The van der Waals surface area contributed by atoms with Crippen LogP contribution in [0, 0.1) is 0 Å². The van der Waals surface area contributed by atoms with Gasteiger partial charge in [0.15, 0.2) is 0 Å². The summed E-state index contributed by atoms with van der Waals surface area (Å²) in [6.07, 6.45) is 47.4. The normalized spacial score (nSPS) is 13.9. The van der Waals surface area contributed by atoms with E-state index >= 15 is 0 Å². The largest absolute Gasteiger partial charge is 0.394 e. The van der Waals surface area contributed by atoms with Gasteiger partial charge in [0.2, 0.25) is 5.91 Å². The number of hydrogen-bond acceptors (Lipinski definition) is 3. The summed E-state index contributed by atoms with van der Waals surface area (Å²) in [5, 5.41) is 22.7. The van der Waals surface area contributed by atoms with Crippen molar-refractivity contribution in [2.45, 2.75) is 174 Å². The highest BCUT2D eigenvalue weighted by Crippen LogP contribution is 2.11. The third kappa shape index (κ3) is 31.3. The number of aliphatic hydroxyl groups excluding tert-OH is 2. The summed E-state index contributed by atoms with van der Waals surface area (Å²) in [5.41, 5.74) is 0. The number of aliphatic hydroxyl groups is 2. The number of rotatable bonds is 31. The Balaban J connectivity index is 3.62. The molecule has 0 rings (SSSR count). The molecular formula is C39H69NO3. The first kappa shape index (κ1) is 41.1. The van der Waals surface area contributed by atoms with Crippen LogP contribution in [0.1, 0.15) is 162 Å². The molecule has 0 aromatic rings. The van der Waals surface area contributed by atoms with Crippen LogP contribution in [0.25, 0.3) is 0 Å². The predicted molar refractivity (Wildman–Crippen MR) is 188 cm³/mol. The van der Waals surface area contributed by atoms with E-state index in [0.29, 0.717) is 6.42 Å². The fourth-order valence-corrected chi connectivity index (χ4v) is 4.89. The van der Waals surface area contributed by atoms with E-state index in [4.69, 9.17) is 0 Å². The Morgan fingerprint density at radius 2 is 1.00 bits per heavy atom. The van der Waals surface area contributed by atoms with E-state index < -0.39 is 12.1 Å². The second-order valence-electron chi connectivity index (χ2n) is 11.9. The van der Waals surface area contributed by atoms with Gasteiger partial charge >= 0.3 is 0 Å². The summed E-state index contributed by atoms with van der Waals surface area (Å²) >= 11 is 0. The van der Waals surface area contributed by atoms with Crippen LogP contribution >= 0.6 is 0 Å². The minimum absolute atomic E-state index is 0.0887. The molecule has 248 valence electrons. The van der Waals surface area contributed by atoms with Crippen LogP contribution in [-0.2, 0) is 4.79 Å². The first-order chi connectivity index (χ1) is 21.2. The van der Waals surface area contributed by atoms with Gasteiger partial charge in [-0.1, -0.05) is 152 Å². The van der Waals surface area contributed by atoms with Crippen molar-refractivity contribution < 1.29 is 15.0 Å². The van der Waals surface area contributed by atoms with E-state index in [1.807, 2.05) is 6.08 Å². The second kappa shape index (κ2) is 34.6. The molecule has 2 unspecified atom stereocenters. The Bertz CT molecular complexity index is 737. The van der Waals surface area contributed by atoms with E-state index in [1.54, 1.807) is 6.08 Å². The molecule has 2 atom stereocenters. The molecule has 0 aromatic carbocycles. The first-order valence-electron chi connectivity index (χ1n) is 18.0. The number of carbonyl (C=O) groups excluding carboxylic acids is 1. The molecule has 0 aromatic heterocycles. The van der Waals surface area contributed by atoms with Gasteiger partial charge in [0.25, 0.3) is 0 Å². The van der Waals surface area contributed by atoms with E-state index in [1.165, 1.54) is 89.9 Å². The van der Waals surface area contributed by atoms with Crippen molar-refractivity contribution in [2.75, 3.05) is 6.61 Å². The smallest absolute Gasteiger partial charge is 0.220 e. The van der Waals surface area contributed by atoms with Crippen LogP contribution in [-0.4, -0.2) is 34.9 Å². The lowest BCUT2D eigenvalue weighted by atomic mass is 10.1. The number of amides is 1. The maximum atomic E-state index is 12.3. The first-order valence-corrected chi connectivity index (χ1v) is 18.0. The van der Waals surface area contributed by atoms with E-state index in [9.17, 15) is 15.0 Å². The molecule has 3 N–H and O–H groups in total. The molecule has 0 aliphatic heterocycles. The lowest BCUT2D eigenvalue weighted by Crippen LogP contribution is -2.45. The average molecular weight is 600 g/mol. The van der Waals surface area contributed by atoms with Crippen LogP contribution in [0.15, 0.2) is 60.8 Å². The van der Waals surface area contributed by atoms with Gasteiger partial charge in [-0.2, -0.15) is 0 Å². The third-order valence-electron chi connectivity index (χ3n) is 7.72. The zero-order valence-corrected chi connectivity index (χ0v) is 28.2. The van der Waals surface area contributed by atoms with Crippen LogP contribution in [0.5, 0.6) is 0 Å². The highest BCUT2D eigenvalue weighted by molar-refractivity contribution is 5.76. The number of hydrogen-bond donors (Lipinski definition) is 3. The predicted octanol–water partition coefficient (Wildman–Crippen LogP) is 10.6. The summed E-state index contributed by atoms with van der Waals surface area (Å²) in [6, 6.07) is -0.642. The molecule has 0 radical (unpaired) electrons. The lowest BCUT2D eigenvalue weighted by molar-refractivity contribution is -0.123. The van der Waals surface area contributed by atoms with Crippen molar-refractivity contribution in [3.63, 3.8) is 0 Å². The van der Waals surface area contributed by atoms with Crippen molar-refractivity contribution in [1.82, 2.24) is 5.32 Å². The summed E-state index contributed by atoms with van der Waals surface area (Å²) < 4.78 is 0. The van der Waals surface area contributed by atoms with Crippen molar-refractivity contribution in [1.29, 1.82) is 0 Å². The van der Waals surface area contributed by atoms with Gasteiger partial charge in [-0.25, -0.2) is 0 Å². The molecular weight excluding hydrogens is 530 g/mol.